The molecule has 1 aliphatic heterocycles. The van der Waals surface area contributed by atoms with E-state index in [1.54, 1.807) is 0 Å². The molecular weight excluding hydrogens is 198 g/mol. The number of carbonyl (C=O) groups is 1. The molecule has 0 fully saturated rings. The molecule has 0 radical (unpaired) electrons. The molecule has 0 saturated carbocycles. The van der Waals surface area contributed by atoms with Gasteiger partial charge in [-0.3, -0.25) is 9.79 Å². The summed E-state index contributed by atoms with van der Waals surface area (Å²) in [7, 11) is 0. The fourth-order valence-electron chi connectivity index (χ4n) is 1.48. The Hall–Kier alpha value is -1.15. The van der Waals surface area contributed by atoms with Gasteiger partial charge in [0.2, 0.25) is 0 Å². The largest absolute Gasteiger partial charge is 0.299 e. The molecule has 2 nitrogen and oxygen atoms in total. The van der Waals surface area contributed by atoms with Crippen molar-refractivity contribution < 1.29 is 4.79 Å². The van der Waals surface area contributed by atoms with E-state index < -0.39 is 0 Å². The maximum atomic E-state index is 11.2. The molecule has 1 aliphatic rings. The molecule has 0 aromatic heterocycles. The van der Waals surface area contributed by atoms with Crippen molar-refractivity contribution in [1.29, 1.82) is 0 Å². The van der Waals surface area contributed by atoms with Crippen molar-refractivity contribution in [2.75, 3.05) is 6.54 Å². The van der Waals surface area contributed by atoms with Gasteiger partial charge in [-0.05, 0) is 17.7 Å². The van der Waals surface area contributed by atoms with Gasteiger partial charge in [-0.2, -0.15) is 0 Å². The average Bonchev–Trinajstić information content (AvgIpc) is 2.19. The van der Waals surface area contributed by atoms with Gasteiger partial charge in [0.15, 0.2) is 0 Å². The van der Waals surface area contributed by atoms with Gasteiger partial charge in [-0.1, -0.05) is 23.7 Å². The maximum absolute atomic E-state index is 11.2. The lowest BCUT2D eigenvalue weighted by Gasteiger charge is -2.10. The van der Waals surface area contributed by atoms with Gasteiger partial charge in [0.05, 0.1) is 0 Å². The lowest BCUT2D eigenvalue weighted by atomic mass is 10.0. The van der Waals surface area contributed by atoms with Crippen LogP contribution in [-0.4, -0.2) is 18.0 Å². The Morgan fingerprint density at radius 3 is 2.57 bits per heavy atom. The minimum atomic E-state index is 0.268. The van der Waals surface area contributed by atoms with Gasteiger partial charge in [0, 0.05) is 30.1 Å². The number of ketones is 1. The van der Waals surface area contributed by atoms with E-state index in [1.165, 1.54) is 0 Å². The molecule has 2 rings (SSSR count). The summed E-state index contributed by atoms with van der Waals surface area (Å²) in [6.07, 6.45) is 1.04. The van der Waals surface area contributed by atoms with Gasteiger partial charge in [0.25, 0.3) is 0 Å². The van der Waals surface area contributed by atoms with E-state index in [0.29, 0.717) is 24.4 Å². The van der Waals surface area contributed by atoms with Gasteiger partial charge in [-0.15, -0.1) is 0 Å². The maximum Gasteiger partial charge on any atom is 0.140 e. The molecule has 0 unspecified atom stereocenters. The molecule has 0 amide bonds. The predicted octanol–water partition coefficient (Wildman–Crippen LogP) is 2.49. The number of aliphatic imine (C=N–C) groups is 1. The molecule has 0 spiro atoms. The number of hydrogen-bond acceptors (Lipinski definition) is 2. The summed E-state index contributed by atoms with van der Waals surface area (Å²) in [5.74, 6) is 0.268. The molecule has 0 N–H and O–H groups in total. The quantitative estimate of drug-likeness (QED) is 0.696. The van der Waals surface area contributed by atoms with E-state index in [1.807, 2.05) is 24.3 Å². The van der Waals surface area contributed by atoms with Crippen LogP contribution in [0.3, 0.4) is 0 Å². The Morgan fingerprint density at radius 2 is 1.93 bits per heavy atom. The van der Waals surface area contributed by atoms with Crippen LogP contribution < -0.4 is 0 Å². The van der Waals surface area contributed by atoms with E-state index >= 15 is 0 Å². The van der Waals surface area contributed by atoms with Crippen LogP contribution in [0.15, 0.2) is 29.3 Å². The van der Waals surface area contributed by atoms with Crippen LogP contribution in [0.4, 0.5) is 0 Å². The van der Waals surface area contributed by atoms with Crippen molar-refractivity contribution in [3.05, 3.63) is 34.9 Å². The molecular formula is C11H10ClNO. The number of halogens is 1. The lowest BCUT2D eigenvalue weighted by molar-refractivity contribution is -0.117. The van der Waals surface area contributed by atoms with Gasteiger partial charge in [-0.25, -0.2) is 0 Å². The van der Waals surface area contributed by atoms with E-state index in [2.05, 4.69) is 4.99 Å². The average molecular weight is 208 g/mol. The first-order valence-electron chi connectivity index (χ1n) is 4.56. The summed E-state index contributed by atoms with van der Waals surface area (Å²) in [4.78, 5) is 15.5. The van der Waals surface area contributed by atoms with Crippen molar-refractivity contribution in [3.63, 3.8) is 0 Å². The highest BCUT2D eigenvalue weighted by molar-refractivity contribution is 6.30. The highest BCUT2D eigenvalue weighted by atomic mass is 35.5. The Balaban J connectivity index is 2.26. The van der Waals surface area contributed by atoms with Gasteiger partial charge >= 0.3 is 0 Å². The highest BCUT2D eigenvalue weighted by Gasteiger charge is 2.13. The summed E-state index contributed by atoms with van der Waals surface area (Å²) < 4.78 is 0. The van der Waals surface area contributed by atoms with Crippen molar-refractivity contribution in [2.45, 2.75) is 12.8 Å². The minimum absolute atomic E-state index is 0.268. The summed E-state index contributed by atoms with van der Waals surface area (Å²) >= 11 is 5.77. The third-order valence-electron chi connectivity index (χ3n) is 2.24. The minimum Gasteiger partial charge on any atom is -0.299 e. The molecule has 1 aromatic carbocycles. The van der Waals surface area contributed by atoms with Crippen LogP contribution >= 0.6 is 11.6 Å². The van der Waals surface area contributed by atoms with Crippen LogP contribution in [0.5, 0.6) is 0 Å². The van der Waals surface area contributed by atoms with Crippen LogP contribution in [-0.2, 0) is 4.79 Å². The lowest BCUT2D eigenvalue weighted by Crippen LogP contribution is -2.16. The zero-order valence-electron chi connectivity index (χ0n) is 7.66. The first kappa shape index (κ1) is 9.41. The Bertz CT molecular complexity index is 381. The fraction of sp³-hybridized carbons (Fsp3) is 0.273. The first-order valence-corrected chi connectivity index (χ1v) is 4.94. The molecule has 72 valence electrons. The molecule has 14 heavy (non-hydrogen) atoms. The third-order valence-corrected chi connectivity index (χ3v) is 2.49. The molecule has 0 aliphatic carbocycles. The number of rotatable bonds is 1. The molecule has 3 heteroatoms. The SMILES string of the molecule is O=C1CCN=C(c2ccc(Cl)cc2)C1. The number of carbonyl (C=O) groups excluding carboxylic acids is 1. The Morgan fingerprint density at radius 1 is 1.21 bits per heavy atom. The number of Topliss-reactive ketones (excluding diaryl/α,β-unsaturated/α-hetero) is 1. The van der Waals surface area contributed by atoms with E-state index in [0.717, 1.165) is 11.3 Å². The number of nitrogens with zero attached hydrogens (tertiary/aromatic N) is 1. The highest BCUT2D eigenvalue weighted by Crippen LogP contribution is 2.14. The Kier molecular flexibility index (Phi) is 2.64. The zero-order chi connectivity index (χ0) is 9.97. The molecule has 0 saturated heterocycles. The molecule has 0 atom stereocenters. The van der Waals surface area contributed by atoms with Crippen molar-refractivity contribution in [3.8, 4) is 0 Å². The second kappa shape index (κ2) is 3.93. The number of hydrogen-bond donors (Lipinski definition) is 0. The monoisotopic (exact) mass is 207 g/mol. The standard InChI is InChI=1S/C11H10ClNO/c12-9-3-1-8(2-4-9)11-7-10(14)5-6-13-11/h1-4H,5-7H2. The van der Waals surface area contributed by atoms with Crippen LogP contribution in [0.25, 0.3) is 0 Å². The predicted molar refractivity (Wildman–Crippen MR) is 57.1 cm³/mol. The molecule has 1 heterocycles. The van der Waals surface area contributed by atoms with Crippen LogP contribution in [0.2, 0.25) is 5.02 Å². The fourth-order valence-corrected chi connectivity index (χ4v) is 1.61. The second-order valence-corrected chi connectivity index (χ2v) is 3.74. The summed E-state index contributed by atoms with van der Waals surface area (Å²) in [5, 5.41) is 0.705. The second-order valence-electron chi connectivity index (χ2n) is 3.30. The molecule has 1 aromatic rings. The molecule has 0 bridgehead atoms. The van der Waals surface area contributed by atoms with Gasteiger partial charge < -0.3 is 0 Å². The summed E-state index contributed by atoms with van der Waals surface area (Å²) in [5.41, 5.74) is 1.89. The van der Waals surface area contributed by atoms with E-state index in [4.69, 9.17) is 11.6 Å². The zero-order valence-corrected chi connectivity index (χ0v) is 8.42. The number of benzene rings is 1. The summed E-state index contributed by atoms with van der Waals surface area (Å²) in [6.45, 7) is 0.622. The normalized spacial score (nSPS) is 16.6. The van der Waals surface area contributed by atoms with Crippen molar-refractivity contribution >= 4 is 23.1 Å². The first-order chi connectivity index (χ1) is 6.75. The Labute approximate surface area is 87.6 Å². The summed E-state index contributed by atoms with van der Waals surface area (Å²) in [6, 6.07) is 7.44. The van der Waals surface area contributed by atoms with E-state index in [-0.39, 0.29) is 5.78 Å². The smallest absolute Gasteiger partial charge is 0.140 e. The van der Waals surface area contributed by atoms with Gasteiger partial charge in [0.1, 0.15) is 5.78 Å². The van der Waals surface area contributed by atoms with Crippen molar-refractivity contribution in [1.82, 2.24) is 0 Å². The van der Waals surface area contributed by atoms with E-state index in [9.17, 15) is 4.79 Å². The van der Waals surface area contributed by atoms with Crippen molar-refractivity contribution in [2.24, 2.45) is 4.99 Å². The third kappa shape index (κ3) is 2.02. The van der Waals surface area contributed by atoms with Crippen LogP contribution in [0.1, 0.15) is 18.4 Å². The topological polar surface area (TPSA) is 29.4 Å². The van der Waals surface area contributed by atoms with Crippen LogP contribution in [0, 0.1) is 0 Å².